The first-order valence-corrected chi connectivity index (χ1v) is 9.57. The molecule has 1 aliphatic heterocycles. The van der Waals surface area contributed by atoms with Crippen molar-refractivity contribution in [1.82, 2.24) is 19.7 Å². The monoisotopic (exact) mass is 399 g/mol. The number of hydrogen-bond donors (Lipinski definition) is 1. The number of halogens is 2. The molecule has 0 radical (unpaired) electrons. The smallest absolute Gasteiger partial charge is 0.407 e. The average molecular weight is 399 g/mol. The van der Waals surface area contributed by atoms with Crippen LogP contribution in [0.4, 0.5) is 19.4 Å². The summed E-state index contributed by atoms with van der Waals surface area (Å²) in [5.41, 5.74) is 2.35. The lowest BCUT2D eigenvalue weighted by Gasteiger charge is -2.33. The van der Waals surface area contributed by atoms with Gasteiger partial charge in [-0.15, -0.1) is 5.10 Å². The molecule has 2 fully saturated rings. The zero-order valence-electron chi connectivity index (χ0n) is 15.6. The standard InChI is InChI=1S/C20H19F2N5O2/c21-15-7-12-8-17(27(14-1-2-14)18(12)10-16(15)22)13-9-19(24-23-11-13)25-3-5-26(6-4-25)20(28)29/h7-11,14H,1-6H2,(H,28,29). The first-order chi connectivity index (χ1) is 14.0. The number of carboxylic acid groups (broad SMARTS) is 1. The third kappa shape index (κ3) is 3.16. The summed E-state index contributed by atoms with van der Waals surface area (Å²) in [7, 11) is 0. The van der Waals surface area contributed by atoms with Crippen molar-refractivity contribution in [2.45, 2.75) is 18.9 Å². The maximum absolute atomic E-state index is 13.9. The fourth-order valence-corrected chi connectivity index (χ4v) is 3.95. The maximum atomic E-state index is 13.9. The van der Waals surface area contributed by atoms with Gasteiger partial charge in [-0.2, -0.15) is 5.10 Å². The lowest BCUT2D eigenvalue weighted by atomic mass is 10.2. The Morgan fingerprint density at radius 2 is 1.76 bits per heavy atom. The third-order valence-corrected chi connectivity index (χ3v) is 5.60. The summed E-state index contributed by atoms with van der Waals surface area (Å²) in [6.45, 7) is 1.88. The van der Waals surface area contributed by atoms with Gasteiger partial charge in [-0.05, 0) is 31.0 Å². The molecule has 1 saturated heterocycles. The number of hydrogen-bond acceptors (Lipinski definition) is 4. The minimum Gasteiger partial charge on any atom is -0.465 e. The molecule has 1 saturated carbocycles. The summed E-state index contributed by atoms with van der Waals surface area (Å²) in [5, 5.41) is 18.1. The first-order valence-electron chi connectivity index (χ1n) is 9.57. The number of anilines is 1. The van der Waals surface area contributed by atoms with Gasteiger partial charge in [-0.1, -0.05) is 0 Å². The molecule has 3 aromatic rings. The fraction of sp³-hybridized carbons (Fsp3) is 0.350. The van der Waals surface area contributed by atoms with Gasteiger partial charge in [0.2, 0.25) is 0 Å². The second kappa shape index (κ2) is 6.68. The summed E-state index contributed by atoms with van der Waals surface area (Å²) in [4.78, 5) is 14.5. The molecule has 9 heteroatoms. The highest BCUT2D eigenvalue weighted by atomic mass is 19.2. The second-order valence-corrected chi connectivity index (χ2v) is 7.52. The zero-order valence-corrected chi connectivity index (χ0v) is 15.6. The van der Waals surface area contributed by atoms with E-state index in [-0.39, 0.29) is 6.04 Å². The summed E-state index contributed by atoms with van der Waals surface area (Å²) in [6.07, 6.45) is 2.73. The van der Waals surface area contributed by atoms with Gasteiger partial charge < -0.3 is 19.5 Å². The van der Waals surface area contributed by atoms with Gasteiger partial charge in [0.1, 0.15) is 0 Å². The fourth-order valence-electron chi connectivity index (χ4n) is 3.95. The predicted octanol–water partition coefficient (Wildman–Crippen LogP) is 3.51. The van der Waals surface area contributed by atoms with E-state index in [0.717, 1.165) is 24.1 Å². The lowest BCUT2D eigenvalue weighted by Crippen LogP contribution is -2.48. The number of piperazine rings is 1. The van der Waals surface area contributed by atoms with Crippen molar-refractivity contribution >= 4 is 22.8 Å². The molecule has 29 heavy (non-hydrogen) atoms. The summed E-state index contributed by atoms with van der Waals surface area (Å²) in [5.74, 6) is -1.05. The summed E-state index contributed by atoms with van der Waals surface area (Å²) in [6, 6.07) is 6.52. The first kappa shape index (κ1) is 17.8. The van der Waals surface area contributed by atoms with Gasteiger partial charge in [0.05, 0.1) is 17.4 Å². The number of nitrogens with zero attached hydrogens (tertiary/aromatic N) is 5. The van der Waals surface area contributed by atoms with Gasteiger partial charge in [-0.25, -0.2) is 13.6 Å². The molecule has 3 heterocycles. The quantitative estimate of drug-likeness (QED) is 0.730. The summed E-state index contributed by atoms with van der Waals surface area (Å²) < 4.78 is 29.7. The van der Waals surface area contributed by atoms with E-state index in [2.05, 4.69) is 14.8 Å². The third-order valence-electron chi connectivity index (χ3n) is 5.60. The Bertz CT molecular complexity index is 1100. The van der Waals surface area contributed by atoms with E-state index < -0.39 is 17.7 Å². The van der Waals surface area contributed by atoms with Gasteiger partial charge >= 0.3 is 6.09 Å². The van der Waals surface area contributed by atoms with Crippen molar-refractivity contribution < 1.29 is 18.7 Å². The highest BCUT2D eigenvalue weighted by Crippen LogP contribution is 2.43. The van der Waals surface area contributed by atoms with E-state index >= 15 is 0 Å². The molecule has 150 valence electrons. The van der Waals surface area contributed by atoms with Crippen LogP contribution in [0.5, 0.6) is 0 Å². The largest absolute Gasteiger partial charge is 0.465 e. The molecule has 1 aliphatic carbocycles. The van der Waals surface area contributed by atoms with Gasteiger partial charge in [0, 0.05) is 49.2 Å². The van der Waals surface area contributed by atoms with Crippen LogP contribution in [0.1, 0.15) is 18.9 Å². The molecule has 1 N–H and O–H groups in total. The van der Waals surface area contributed by atoms with Crippen molar-refractivity contribution in [3.05, 3.63) is 42.1 Å². The molecule has 0 spiro atoms. The van der Waals surface area contributed by atoms with E-state index in [1.807, 2.05) is 17.0 Å². The van der Waals surface area contributed by atoms with Crippen LogP contribution >= 0.6 is 0 Å². The number of aromatic nitrogens is 3. The number of carbonyl (C=O) groups is 1. The van der Waals surface area contributed by atoms with Crippen LogP contribution in [0.3, 0.4) is 0 Å². The average Bonchev–Trinajstić information content (AvgIpc) is 3.50. The topological polar surface area (TPSA) is 74.5 Å². The Hall–Kier alpha value is -3.23. The summed E-state index contributed by atoms with van der Waals surface area (Å²) >= 11 is 0. The van der Waals surface area contributed by atoms with E-state index in [1.165, 1.54) is 17.0 Å². The van der Waals surface area contributed by atoms with Crippen molar-refractivity contribution in [3.8, 4) is 11.3 Å². The van der Waals surface area contributed by atoms with E-state index in [9.17, 15) is 13.6 Å². The van der Waals surface area contributed by atoms with Crippen molar-refractivity contribution in [1.29, 1.82) is 0 Å². The van der Waals surface area contributed by atoms with Crippen LogP contribution in [0, 0.1) is 11.6 Å². The zero-order chi connectivity index (χ0) is 20.1. The minimum absolute atomic E-state index is 0.267. The molecule has 2 aromatic heterocycles. The van der Waals surface area contributed by atoms with Crippen molar-refractivity contribution in [3.63, 3.8) is 0 Å². The van der Waals surface area contributed by atoms with Gasteiger partial charge in [0.15, 0.2) is 17.5 Å². The minimum atomic E-state index is -0.919. The maximum Gasteiger partial charge on any atom is 0.407 e. The Morgan fingerprint density at radius 1 is 1.03 bits per heavy atom. The molecular weight excluding hydrogens is 380 g/mol. The molecule has 5 rings (SSSR count). The SMILES string of the molecule is O=C(O)N1CCN(c2cc(-c3cc4cc(F)c(F)cc4n3C3CC3)cnn2)CC1. The molecule has 7 nitrogen and oxygen atoms in total. The van der Waals surface area contributed by atoms with Crippen LogP contribution < -0.4 is 4.90 Å². The number of rotatable bonds is 3. The lowest BCUT2D eigenvalue weighted by molar-refractivity contribution is 0.142. The Balaban J connectivity index is 1.52. The van der Waals surface area contributed by atoms with Crippen LogP contribution in [0.2, 0.25) is 0 Å². The molecule has 0 unspecified atom stereocenters. The highest BCUT2D eigenvalue weighted by Gasteiger charge is 2.29. The normalized spacial score (nSPS) is 17.2. The van der Waals surface area contributed by atoms with E-state index in [0.29, 0.717) is 42.9 Å². The Labute approximate surface area is 165 Å². The van der Waals surface area contributed by atoms with Gasteiger partial charge in [-0.3, -0.25) is 0 Å². The second-order valence-electron chi connectivity index (χ2n) is 7.52. The van der Waals surface area contributed by atoms with E-state index in [1.54, 1.807) is 6.20 Å². The predicted molar refractivity (Wildman–Crippen MR) is 103 cm³/mol. The Kier molecular flexibility index (Phi) is 4.11. The number of fused-ring (bicyclic) bond motifs is 1. The molecule has 0 atom stereocenters. The highest BCUT2D eigenvalue weighted by molar-refractivity contribution is 5.87. The molecule has 1 amide bonds. The van der Waals surface area contributed by atoms with Crippen molar-refractivity contribution in [2.75, 3.05) is 31.1 Å². The van der Waals surface area contributed by atoms with E-state index in [4.69, 9.17) is 5.11 Å². The van der Waals surface area contributed by atoms with Crippen LogP contribution in [0.25, 0.3) is 22.2 Å². The molecule has 2 aliphatic rings. The molecular formula is C20H19F2N5O2. The molecule has 1 aromatic carbocycles. The van der Waals surface area contributed by atoms with Crippen LogP contribution in [-0.2, 0) is 0 Å². The van der Waals surface area contributed by atoms with Crippen LogP contribution in [-0.4, -0.2) is 57.0 Å². The van der Waals surface area contributed by atoms with Crippen LogP contribution in [0.15, 0.2) is 30.5 Å². The van der Waals surface area contributed by atoms with Crippen molar-refractivity contribution in [2.24, 2.45) is 0 Å². The Morgan fingerprint density at radius 3 is 2.45 bits per heavy atom. The number of benzene rings is 1. The number of amides is 1. The van der Waals surface area contributed by atoms with Gasteiger partial charge in [0.25, 0.3) is 0 Å². The molecule has 0 bridgehead atoms.